The summed E-state index contributed by atoms with van der Waals surface area (Å²) in [6.07, 6.45) is 3.12. The van der Waals surface area contributed by atoms with Gasteiger partial charge in [0.1, 0.15) is 22.8 Å². The van der Waals surface area contributed by atoms with Gasteiger partial charge in [-0.3, -0.25) is 10.1 Å². The number of aryl methyl sites for hydroxylation is 1. The summed E-state index contributed by atoms with van der Waals surface area (Å²) in [4.78, 5) is 12.9. The quantitative estimate of drug-likeness (QED) is 0.641. The molecule has 0 bridgehead atoms. The fourth-order valence-corrected chi connectivity index (χ4v) is 4.89. The zero-order valence-electron chi connectivity index (χ0n) is 16.9. The van der Waals surface area contributed by atoms with Crippen molar-refractivity contribution in [3.8, 4) is 11.3 Å². The van der Waals surface area contributed by atoms with Crippen molar-refractivity contribution in [1.82, 2.24) is 15.8 Å². The van der Waals surface area contributed by atoms with Gasteiger partial charge in [0, 0.05) is 6.04 Å². The lowest BCUT2D eigenvalue weighted by atomic mass is 9.71. The zero-order chi connectivity index (χ0) is 21.3. The SMILES string of the molecule is Cc1onc(-c2c(F)cccc2Cl)c1C(=O)NC(=S)N[C@@H]1C[C@@H](C)CC(C)(C)C1. The van der Waals surface area contributed by atoms with Crippen molar-refractivity contribution in [1.29, 1.82) is 0 Å². The third-order valence-electron chi connectivity index (χ3n) is 5.24. The van der Waals surface area contributed by atoms with Crippen LogP contribution in [0.2, 0.25) is 5.02 Å². The van der Waals surface area contributed by atoms with Gasteiger partial charge in [-0.25, -0.2) is 4.39 Å². The van der Waals surface area contributed by atoms with Crippen LogP contribution in [0, 0.1) is 24.1 Å². The highest BCUT2D eigenvalue weighted by Crippen LogP contribution is 2.38. The standard InChI is InChI=1S/C21H25ClFN3O2S/c1-11-8-13(10-21(3,4)9-11)24-20(29)25-19(27)16-12(2)28-26-18(16)17-14(22)6-5-7-15(17)23/h5-7,11,13H,8-10H2,1-4H3,(H2,24,25,27,29)/t11-,13-/m1/s1. The Balaban J connectivity index is 1.77. The van der Waals surface area contributed by atoms with Crippen molar-refractivity contribution in [2.45, 2.75) is 53.0 Å². The molecule has 1 aromatic carbocycles. The molecule has 29 heavy (non-hydrogen) atoms. The molecular weight excluding hydrogens is 413 g/mol. The largest absolute Gasteiger partial charge is 0.360 e. The summed E-state index contributed by atoms with van der Waals surface area (Å²) in [6, 6.07) is 4.46. The maximum atomic E-state index is 14.3. The van der Waals surface area contributed by atoms with Crippen molar-refractivity contribution >= 4 is 34.8 Å². The van der Waals surface area contributed by atoms with Crippen LogP contribution in [0.4, 0.5) is 4.39 Å². The summed E-state index contributed by atoms with van der Waals surface area (Å²) >= 11 is 11.5. The van der Waals surface area contributed by atoms with Crippen molar-refractivity contribution in [2.75, 3.05) is 0 Å². The summed E-state index contributed by atoms with van der Waals surface area (Å²) in [5.41, 5.74) is 0.407. The van der Waals surface area contributed by atoms with Crippen LogP contribution < -0.4 is 10.6 Å². The molecule has 156 valence electrons. The van der Waals surface area contributed by atoms with Gasteiger partial charge in [-0.05, 0) is 61.9 Å². The first kappa shape index (κ1) is 21.7. The molecule has 0 radical (unpaired) electrons. The summed E-state index contributed by atoms with van der Waals surface area (Å²) < 4.78 is 19.5. The molecule has 2 aromatic rings. The van der Waals surface area contributed by atoms with Gasteiger partial charge in [0.25, 0.3) is 5.91 Å². The molecule has 2 N–H and O–H groups in total. The molecule has 0 spiro atoms. The number of carbonyl (C=O) groups excluding carboxylic acids is 1. The number of amides is 1. The molecule has 0 aliphatic heterocycles. The number of rotatable bonds is 3. The highest BCUT2D eigenvalue weighted by atomic mass is 35.5. The molecule has 0 saturated heterocycles. The number of hydrogen-bond acceptors (Lipinski definition) is 4. The second-order valence-electron chi connectivity index (χ2n) is 8.60. The van der Waals surface area contributed by atoms with Gasteiger partial charge in [-0.1, -0.05) is 43.6 Å². The zero-order valence-corrected chi connectivity index (χ0v) is 18.5. The van der Waals surface area contributed by atoms with E-state index in [1.807, 2.05) is 0 Å². The van der Waals surface area contributed by atoms with Gasteiger partial charge in [-0.15, -0.1) is 0 Å². The fourth-order valence-electron chi connectivity index (χ4n) is 4.38. The van der Waals surface area contributed by atoms with Gasteiger partial charge >= 0.3 is 0 Å². The first-order valence-corrected chi connectivity index (χ1v) is 10.4. The number of carbonyl (C=O) groups is 1. The molecule has 2 atom stereocenters. The first-order chi connectivity index (χ1) is 13.6. The monoisotopic (exact) mass is 437 g/mol. The number of nitrogens with one attached hydrogen (secondary N) is 2. The lowest BCUT2D eigenvalue weighted by molar-refractivity contribution is 0.0974. The third kappa shape index (κ3) is 4.95. The number of nitrogens with zero attached hydrogens (tertiary/aromatic N) is 1. The minimum atomic E-state index is -0.584. The Hall–Kier alpha value is -1.99. The molecule has 8 heteroatoms. The van der Waals surface area contributed by atoms with E-state index in [4.69, 9.17) is 28.3 Å². The van der Waals surface area contributed by atoms with Gasteiger partial charge in [0.2, 0.25) is 0 Å². The maximum absolute atomic E-state index is 14.3. The van der Waals surface area contributed by atoms with Gasteiger partial charge in [0.05, 0.1) is 10.6 Å². The normalized spacial score (nSPS) is 20.9. The van der Waals surface area contributed by atoms with E-state index in [2.05, 4.69) is 36.6 Å². The topological polar surface area (TPSA) is 67.2 Å². The average Bonchev–Trinajstić information content (AvgIpc) is 2.94. The van der Waals surface area contributed by atoms with Crippen LogP contribution in [-0.4, -0.2) is 22.2 Å². The molecule has 1 amide bonds. The molecule has 0 unspecified atom stereocenters. The second-order valence-corrected chi connectivity index (χ2v) is 9.41. The van der Waals surface area contributed by atoms with Crippen molar-refractivity contribution in [2.24, 2.45) is 11.3 Å². The van der Waals surface area contributed by atoms with Gasteiger partial charge in [0.15, 0.2) is 5.11 Å². The molecule has 1 aliphatic rings. The summed E-state index contributed by atoms with van der Waals surface area (Å²) in [7, 11) is 0. The maximum Gasteiger partial charge on any atom is 0.263 e. The lowest BCUT2D eigenvalue weighted by Gasteiger charge is -2.39. The third-order valence-corrected chi connectivity index (χ3v) is 5.77. The van der Waals surface area contributed by atoms with Gasteiger partial charge in [-0.2, -0.15) is 0 Å². The molecule has 3 rings (SSSR count). The minimum absolute atomic E-state index is 0.0258. The van der Waals surface area contributed by atoms with E-state index in [0.717, 1.165) is 19.3 Å². The molecule has 1 fully saturated rings. The van der Waals surface area contributed by atoms with E-state index < -0.39 is 11.7 Å². The lowest BCUT2D eigenvalue weighted by Crippen LogP contribution is -2.48. The smallest absolute Gasteiger partial charge is 0.263 e. The van der Waals surface area contributed by atoms with E-state index >= 15 is 0 Å². The number of aromatic nitrogens is 1. The van der Waals surface area contributed by atoms with Crippen LogP contribution in [0.25, 0.3) is 11.3 Å². The predicted octanol–water partition coefficient (Wildman–Crippen LogP) is 5.26. The van der Waals surface area contributed by atoms with Crippen molar-refractivity contribution < 1.29 is 13.7 Å². The van der Waals surface area contributed by atoms with Gasteiger partial charge < -0.3 is 9.84 Å². The van der Waals surface area contributed by atoms with Crippen LogP contribution >= 0.6 is 23.8 Å². The van der Waals surface area contributed by atoms with Crippen molar-refractivity contribution in [3.05, 3.63) is 40.4 Å². The Morgan fingerprint density at radius 1 is 1.38 bits per heavy atom. The molecule has 1 aromatic heterocycles. The highest BCUT2D eigenvalue weighted by Gasteiger charge is 2.33. The van der Waals surface area contributed by atoms with E-state index in [1.54, 1.807) is 6.92 Å². The Morgan fingerprint density at radius 2 is 2.10 bits per heavy atom. The first-order valence-electron chi connectivity index (χ1n) is 9.60. The summed E-state index contributed by atoms with van der Waals surface area (Å²) in [5.74, 6) is -0.269. The van der Waals surface area contributed by atoms with Crippen LogP contribution in [0.3, 0.4) is 0 Å². The molecule has 1 saturated carbocycles. The Bertz CT molecular complexity index is 924. The Kier molecular flexibility index (Phi) is 6.29. The number of thiocarbonyl (C=S) groups is 1. The Morgan fingerprint density at radius 3 is 2.76 bits per heavy atom. The Labute approximate surface area is 180 Å². The molecule has 1 heterocycles. The molecule has 1 aliphatic carbocycles. The van der Waals surface area contributed by atoms with Crippen LogP contribution in [0.5, 0.6) is 0 Å². The fraction of sp³-hybridized carbons (Fsp3) is 0.476. The van der Waals surface area contributed by atoms with E-state index in [0.29, 0.717) is 5.92 Å². The van der Waals surface area contributed by atoms with Crippen LogP contribution in [0.15, 0.2) is 22.7 Å². The molecule has 5 nitrogen and oxygen atoms in total. The number of halogens is 2. The predicted molar refractivity (Wildman–Crippen MR) is 115 cm³/mol. The van der Waals surface area contributed by atoms with Crippen molar-refractivity contribution in [3.63, 3.8) is 0 Å². The second kappa shape index (κ2) is 8.40. The van der Waals surface area contributed by atoms with E-state index in [9.17, 15) is 9.18 Å². The number of hydrogen-bond donors (Lipinski definition) is 2. The number of benzene rings is 1. The van der Waals surface area contributed by atoms with E-state index in [1.165, 1.54) is 18.2 Å². The van der Waals surface area contributed by atoms with Crippen LogP contribution in [0.1, 0.15) is 56.2 Å². The minimum Gasteiger partial charge on any atom is -0.360 e. The molecular formula is C21H25ClFN3O2S. The summed E-state index contributed by atoms with van der Waals surface area (Å²) in [6.45, 7) is 8.29. The van der Waals surface area contributed by atoms with E-state index in [-0.39, 0.29) is 44.2 Å². The average molecular weight is 438 g/mol. The highest BCUT2D eigenvalue weighted by molar-refractivity contribution is 7.80. The summed E-state index contributed by atoms with van der Waals surface area (Å²) in [5, 5.41) is 10.2. The van der Waals surface area contributed by atoms with Crippen LogP contribution in [-0.2, 0) is 0 Å².